The highest BCUT2D eigenvalue weighted by molar-refractivity contribution is 14.1. The first-order chi connectivity index (χ1) is 6.05. The Morgan fingerprint density at radius 1 is 1.54 bits per heavy atom. The van der Waals surface area contributed by atoms with Crippen molar-refractivity contribution in [1.82, 2.24) is 0 Å². The molecule has 0 amide bonds. The van der Waals surface area contributed by atoms with E-state index in [0.717, 1.165) is 5.69 Å². The molecule has 0 aromatic carbocycles. The van der Waals surface area contributed by atoms with Gasteiger partial charge in [-0.25, -0.2) is 0 Å². The molecule has 1 aromatic rings. The molecule has 13 heavy (non-hydrogen) atoms. The Hall–Kier alpha value is -0.160. The largest absolute Gasteiger partial charge is 0.378 e. The van der Waals surface area contributed by atoms with Crippen LogP contribution < -0.4 is 4.57 Å². The van der Waals surface area contributed by atoms with Gasteiger partial charge in [0.2, 0.25) is 5.69 Å². The fraction of sp³-hybridized carbons (Fsp3) is 0.500. The van der Waals surface area contributed by atoms with E-state index < -0.39 is 5.60 Å². The first-order valence-corrected chi connectivity index (χ1v) is 5.67. The Bertz CT molecular complexity index is 337. The van der Waals surface area contributed by atoms with Crippen molar-refractivity contribution >= 4 is 22.6 Å². The topological polar surface area (TPSA) is 24.1 Å². The standard InChI is InChI=1S/C10H13INO/c1-7-9(11)10(2,13)8-5-3-4-6-12(7)8/h3-7,9,13H,1-2H3/q+1. The van der Waals surface area contributed by atoms with Gasteiger partial charge in [-0.1, -0.05) is 22.6 Å². The quantitative estimate of drug-likeness (QED) is 0.438. The van der Waals surface area contributed by atoms with Crippen LogP contribution in [0.5, 0.6) is 0 Å². The maximum atomic E-state index is 10.3. The highest BCUT2D eigenvalue weighted by Crippen LogP contribution is 2.38. The Morgan fingerprint density at radius 2 is 2.23 bits per heavy atom. The summed E-state index contributed by atoms with van der Waals surface area (Å²) in [7, 11) is 0. The predicted octanol–water partition coefficient (Wildman–Crippen LogP) is 1.56. The molecule has 2 rings (SSSR count). The van der Waals surface area contributed by atoms with Gasteiger partial charge in [0, 0.05) is 12.1 Å². The number of hydrogen-bond acceptors (Lipinski definition) is 1. The zero-order valence-electron chi connectivity index (χ0n) is 7.74. The normalized spacial score (nSPS) is 37.5. The summed E-state index contributed by atoms with van der Waals surface area (Å²) in [6, 6.07) is 6.34. The number of aliphatic hydroxyl groups is 1. The molecular formula is C10H13INO+. The average Bonchev–Trinajstić information content (AvgIpc) is 2.30. The van der Waals surface area contributed by atoms with Gasteiger partial charge in [-0.05, 0) is 19.9 Å². The molecule has 3 heteroatoms. The molecule has 0 spiro atoms. The van der Waals surface area contributed by atoms with Crippen LogP contribution >= 0.6 is 22.6 Å². The maximum absolute atomic E-state index is 10.3. The third-order valence-electron chi connectivity index (χ3n) is 2.81. The van der Waals surface area contributed by atoms with E-state index in [9.17, 15) is 5.11 Å². The number of aromatic nitrogens is 1. The molecule has 70 valence electrons. The average molecular weight is 290 g/mol. The molecule has 0 saturated carbocycles. The number of alkyl halides is 1. The molecule has 0 aliphatic carbocycles. The van der Waals surface area contributed by atoms with Gasteiger partial charge in [0.1, 0.15) is 3.92 Å². The zero-order chi connectivity index (χ0) is 9.64. The van der Waals surface area contributed by atoms with E-state index in [1.165, 1.54) is 0 Å². The Morgan fingerprint density at radius 3 is 2.85 bits per heavy atom. The Balaban J connectivity index is 2.61. The van der Waals surface area contributed by atoms with E-state index in [1.54, 1.807) is 0 Å². The second-order valence-corrected chi connectivity index (χ2v) is 5.13. The minimum Gasteiger partial charge on any atom is -0.378 e. The van der Waals surface area contributed by atoms with Crippen LogP contribution in [0.3, 0.4) is 0 Å². The van der Waals surface area contributed by atoms with Gasteiger partial charge < -0.3 is 5.11 Å². The second kappa shape index (κ2) is 2.92. The van der Waals surface area contributed by atoms with Gasteiger partial charge in [0.15, 0.2) is 17.8 Å². The lowest BCUT2D eigenvalue weighted by Crippen LogP contribution is -2.37. The SMILES string of the molecule is CC1C(I)C(C)(O)c2cccc[n+]21. The number of rotatable bonds is 0. The molecule has 1 aliphatic rings. The molecular weight excluding hydrogens is 277 g/mol. The zero-order valence-corrected chi connectivity index (χ0v) is 9.89. The van der Waals surface area contributed by atoms with Crippen molar-refractivity contribution in [3.63, 3.8) is 0 Å². The summed E-state index contributed by atoms with van der Waals surface area (Å²) >= 11 is 2.33. The lowest BCUT2D eigenvalue weighted by molar-refractivity contribution is -0.713. The van der Waals surface area contributed by atoms with E-state index in [4.69, 9.17) is 0 Å². The molecule has 1 aliphatic heterocycles. The summed E-state index contributed by atoms with van der Waals surface area (Å²) in [5, 5.41) is 10.3. The molecule has 1 N–H and O–H groups in total. The molecule has 0 saturated heterocycles. The van der Waals surface area contributed by atoms with Crippen molar-refractivity contribution in [2.24, 2.45) is 0 Å². The van der Waals surface area contributed by atoms with Gasteiger partial charge in [-0.15, -0.1) is 0 Å². The van der Waals surface area contributed by atoms with Crippen LogP contribution in [0, 0.1) is 0 Å². The van der Waals surface area contributed by atoms with Crippen molar-refractivity contribution in [1.29, 1.82) is 0 Å². The monoisotopic (exact) mass is 290 g/mol. The minimum atomic E-state index is -0.693. The van der Waals surface area contributed by atoms with Crippen LogP contribution in [0.2, 0.25) is 0 Å². The van der Waals surface area contributed by atoms with Crippen LogP contribution in [0.25, 0.3) is 0 Å². The van der Waals surface area contributed by atoms with Crippen molar-refractivity contribution in [2.45, 2.75) is 29.4 Å². The summed E-state index contributed by atoms with van der Waals surface area (Å²) in [6.07, 6.45) is 2.03. The molecule has 2 nitrogen and oxygen atoms in total. The summed E-state index contributed by atoms with van der Waals surface area (Å²) in [6.45, 7) is 4.03. The van der Waals surface area contributed by atoms with Gasteiger partial charge in [0.05, 0.1) is 0 Å². The van der Waals surface area contributed by atoms with Crippen LogP contribution in [-0.2, 0) is 5.60 Å². The van der Waals surface area contributed by atoms with E-state index in [2.05, 4.69) is 34.1 Å². The first kappa shape index (κ1) is 9.40. The fourth-order valence-corrected chi connectivity index (χ4v) is 2.66. The summed E-state index contributed by atoms with van der Waals surface area (Å²) < 4.78 is 2.39. The third-order valence-corrected chi connectivity index (χ3v) is 5.06. The van der Waals surface area contributed by atoms with Crippen molar-refractivity contribution in [2.75, 3.05) is 0 Å². The molecule has 3 atom stereocenters. The van der Waals surface area contributed by atoms with Crippen LogP contribution in [0.4, 0.5) is 0 Å². The second-order valence-electron chi connectivity index (χ2n) is 3.78. The summed E-state index contributed by atoms with van der Waals surface area (Å²) in [4.78, 5) is 0. The van der Waals surface area contributed by atoms with E-state index in [1.807, 2.05) is 31.3 Å². The number of nitrogens with zero attached hydrogens (tertiary/aromatic N) is 1. The molecule has 0 bridgehead atoms. The smallest absolute Gasteiger partial charge is 0.214 e. The van der Waals surface area contributed by atoms with Gasteiger partial charge >= 0.3 is 0 Å². The van der Waals surface area contributed by atoms with E-state index >= 15 is 0 Å². The lowest BCUT2D eigenvalue weighted by Gasteiger charge is -2.16. The van der Waals surface area contributed by atoms with Crippen LogP contribution in [0.15, 0.2) is 24.4 Å². The Labute approximate surface area is 91.7 Å². The Kier molecular flexibility index (Phi) is 2.11. The van der Waals surface area contributed by atoms with Crippen molar-refractivity contribution in [3.8, 4) is 0 Å². The first-order valence-electron chi connectivity index (χ1n) is 4.42. The summed E-state index contributed by atoms with van der Waals surface area (Å²) in [5.74, 6) is 0. The third kappa shape index (κ3) is 1.21. The fourth-order valence-electron chi connectivity index (χ4n) is 1.99. The highest BCUT2D eigenvalue weighted by Gasteiger charge is 2.52. The molecule has 3 unspecified atom stereocenters. The molecule has 1 aromatic heterocycles. The highest BCUT2D eigenvalue weighted by atomic mass is 127. The van der Waals surface area contributed by atoms with Crippen molar-refractivity contribution < 1.29 is 9.67 Å². The predicted molar refractivity (Wildman–Crippen MR) is 58.7 cm³/mol. The van der Waals surface area contributed by atoms with Gasteiger partial charge in [-0.2, -0.15) is 4.57 Å². The minimum absolute atomic E-state index is 0.243. The molecule has 0 radical (unpaired) electrons. The number of hydrogen-bond donors (Lipinski definition) is 1. The maximum Gasteiger partial charge on any atom is 0.214 e. The van der Waals surface area contributed by atoms with Crippen molar-refractivity contribution in [3.05, 3.63) is 30.1 Å². The van der Waals surface area contributed by atoms with Gasteiger partial charge in [-0.3, -0.25) is 0 Å². The van der Waals surface area contributed by atoms with E-state index in [-0.39, 0.29) is 3.92 Å². The lowest BCUT2D eigenvalue weighted by atomic mass is 9.99. The number of pyridine rings is 1. The molecule has 2 heterocycles. The number of fused-ring (bicyclic) bond motifs is 1. The van der Waals surface area contributed by atoms with E-state index in [0.29, 0.717) is 6.04 Å². The van der Waals surface area contributed by atoms with Crippen LogP contribution in [-0.4, -0.2) is 9.03 Å². The van der Waals surface area contributed by atoms with Gasteiger partial charge in [0.25, 0.3) is 0 Å². The summed E-state index contributed by atoms with van der Waals surface area (Å²) in [5.41, 5.74) is 0.322. The molecule has 0 fully saturated rings. The number of halogens is 1. The van der Waals surface area contributed by atoms with Crippen LogP contribution in [0.1, 0.15) is 25.6 Å².